The van der Waals surface area contributed by atoms with Crippen molar-refractivity contribution >= 4 is 23.7 Å². The number of likely N-dealkylation sites (tertiary alicyclic amines) is 1. The summed E-state index contributed by atoms with van der Waals surface area (Å²) < 4.78 is 23.1. The van der Waals surface area contributed by atoms with Crippen molar-refractivity contribution in [2.45, 2.75) is 56.7 Å². The molecule has 252 valence electrons. The summed E-state index contributed by atoms with van der Waals surface area (Å²) in [6, 6.07) is 13.9. The molecule has 4 amide bonds. The van der Waals surface area contributed by atoms with Gasteiger partial charge in [0.2, 0.25) is 0 Å². The lowest BCUT2D eigenvalue weighted by Crippen LogP contribution is -2.56. The normalized spacial score (nSPS) is 21.8. The van der Waals surface area contributed by atoms with E-state index in [9.17, 15) is 14.4 Å². The van der Waals surface area contributed by atoms with Crippen molar-refractivity contribution in [3.05, 3.63) is 53.6 Å². The lowest BCUT2D eigenvalue weighted by Gasteiger charge is -2.41. The van der Waals surface area contributed by atoms with Crippen LogP contribution < -0.4 is 14.8 Å². The zero-order chi connectivity index (χ0) is 32.2. The van der Waals surface area contributed by atoms with E-state index in [1.54, 1.807) is 4.90 Å². The van der Waals surface area contributed by atoms with Gasteiger partial charge in [0.1, 0.15) is 13.2 Å². The van der Waals surface area contributed by atoms with E-state index < -0.39 is 12.2 Å². The quantitative estimate of drug-likeness (QED) is 0.508. The molecule has 12 nitrogen and oxygen atoms in total. The van der Waals surface area contributed by atoms with Gasteiger partial charge >= 0.3 is 12.1 Å². The maximum absolute atomic E-state index is 14.0. The Kier molecular flexibility index (Phi) is 9.66. The van der Waals surface area contributed by atoms with E-state index in [0.29, 0.717) is 76.3 Å². The summed E-state index contributed by atoms with van der Waals surface area (Å²) in [5.41, 5.74) is 2.83. The minimum atomic E-state index is -0.965. The van der Waals surface area contributed by atoms with E-state index in [4.69, 9.17) is 18.9 Å². The highest BCUT2D eigenvalue weighted by molar-refractivity contribution is 5.91. The number of hydrogen-bond acceptors (Lipinski definition) is 8. The van der Waals surface area contributed by atoms with Crippen molar-refractivity contribution in [2.75, 3.05) is 77.6 Å². The summed E-state index contributed by atoms with van der Waals surface area (Å²) >= 11 is 0. The minimum absolute atomic E-state index is 0.0236. The van der Waals surface area contributed by atoms with Gasteiger partial charge in [-0.15, -0.1) is 0 Å². The number of anilines is 1. The number of rotatable bonds is 6. The third kappa shape index (κ3) is 7.28. The molecule has 7 rings (SSSR count). The average Bonchev–Trinajstić information content (AvgIpc) is 3.29. The van der Waals surface area contributed by atoms with Crippen molar-refractivity contribution in [2.24, 2.45) is 0 Å². The summed E-state index contributed by atoms with van der Waals surface area (Å²) in [6.07, 6.45) is 2.90. The minimum Gasteiger partial charge on any atom is -0.486 e. The number of piperazine rings is 1. The molecule has 0 saturated carbocycles. The predicted molar refractivity (Wildman–Crippen MR) is 174 cm³/mol. The number of para-hydroxylation sites is 1. The number of piperidine rings is 1. The molecule has 0 bridgehead atoms. The molecule has 1 N–H and O–H groups in total. The highest BCUT2D eigenvalue weighted by atomic mass is 16.6. The molecule has 0 radical (unpaired) electrons. The third-order valence-electron chi connectivity index (χ3n) is 10.2. The summed E-state index contributed by atoms with van der Waals surface area (Å²) in [4.78, 5) is 48.6. The lowest BCUT2D eigenvalue weighted by molar-refractivity contribution is -0.143. The van der Waals surface area contributed by atoms with Crippen LogP contribution in [0.4, 0.5) is 15.3 Å². The molecule has 12 heteroatoms. The van der Waals surface area contributed by atoms with Crippen molar-refractivity contribution in [1.29, 1.82) is 0 Å². The maximum atomic E-state index is 14.0. The number of ether oxygens (including phenoxy) is 4. The molecule has 5 aliphatic rings. The molecule has 0 spiro atoms. The number of amides is 4. The molecular formula is C35H45N5O7. The van der Waals surface area contributed by atoms with Crippen molar-refractivity contribution < 1.29 is 33.3 Å². The van der Waals surface area contributed by atoms with E-state index in [0.717, 1.165) is 62.4 Å². The van der Waals surface area contributed by atoms with Gasteiger partial charge in [-0.2, -0.15) is 0 Å². The SMILES string of the molecule is O=C(O[C@H](Cc1ccc2c(c1)OCCO2)C(=O)N1CCN(C2CCOCC2)CC1)N1CCC(N2CCc3ccccc3NC2=O)CC1. The fraction of sp³-hybridized carbons (Fsp3) is 0.571. The monoisotopic (exact) mass is 647 g/mol. The molecule has 3 fully saturated rings. The molecule has 1 atom stereocenters. The predicted octanol–water partition coefficient (Wildman–Crippen LogP) is 3.38. The van der Waals surface area contributed by atoms with Gasteiger partial charge in [-0.3, -0.25) is 9.69 Å². The molecule has 3 saturated heterocycles. The first kappa shape index (κ1) is 31.6. The standard InChI is InChI=1S/C35H45N5O7/c41-33(38-17-15-37(16-18-38)27-10-19-44-20-11-27)32(24-25-5-6-30-31(23-25)46-22-21-45-30)47-35(43)39-12-8-28(9-13-39)40-14-7-26-3-1-2-4-29(26)36-34(40)42/h1-6,23,27-28,32H,7-22,24H2,(H,36,42)/t32-/m1/s1. The molecule has 5 aliphatic heterocycles. The van der Waals surface area contributed by atoms with Crippen LogP contribution in [0.25, 0.3) is 0 Å². The number of urea groups is 1. The largest absolute Gasteiger partial charge is 0.486 e. The number of nitrogens with one attached hydrogen (secondary N) is 1. The Labute approximate surface area is 275 Å². The Bertz CT molecular complexity index is 1430. The first-order chi connectivity index (χ1) is 23.0. The van der Waals surface area contributed by atoms with Gasteiger partial charge in [0.15, 0.2) is 17.6 Å². The van der Waals surface area contributed by atoms with Gasteiger partial charge in [0.25, 0.3) is 5.91 Å². The van der Waals surface area contributed by atoms with E-state index in [-0.39, 0.29) is 24.4 Å². The zero-order valence-electron chi connectivity index (χ0n) is 26.9. The van der Waals surface area contributed by atoms with Crippen LogP contribution in [0.15, 0.2) is 42.5 Å². The Morgan fingerprint density at radius 2 is 1.55 bits per heavy atom. The van der Waals surface area contributed by atoms with E-state index in [2.05, 4.69) is 10.2 Å². The average molecular weight is 648 g/mol. The van der Waals surface area contributed by atoms with Crippen molar-refractivity contribution in [3.63, 3.8) is 0 Å². The number of nitrogens with zero attached hydrogens (tertiary/aromatic N) is 4. The van der Waals surface area contributed by atoms with Gasteiger partial charge in [0.05, 0.1) is 0 Å². The first-order valence-corrected chi connectivity index (χ1v) is 17.1. The molecule has 2 aromatic rings. The zero-order valence-corrected chi connectivity index (χ0v) is 26.9. The Morgan fingerprint density at radius 1 is 0.809 bits per heavy atom. The maximum Gasteiger partial charge on any atom is 0.410 e. The van der Waals surface area contributed by atoms with Gasteiger partial charge in [-0.25, -0.2) is 9.59 Å². The third-order valence-corrected chi connectivity index (χ3v) is 10.2. The van der Waals surface area contributed by atoms with Gasteiger partial charge in [0, 0.05) is 83.2 Å². The molecule has 5 heterocycles. The number of hydrogen-bond donors (Lipinski definition) is 1. The van der Waals surface area contributed by atoms with Crippen molar-refractivity contribution in [1.82, 2.24) is 19.6 Å². The molecule has 47 heavy (non-hydrogen) atoms. The van der Waals surface area contributed by atoms with Gasteiger partial charge < -0.3 is 39.0 Å². The Hall–Kier alpha value is -4.03. The second-order valence-corrected chi connectivity index (χ2v) is 13.0. The highest BCUT2D eigenvalue weighted by Crippen LogP contribution is 2.32. The molecular weight excluding hydrogens is 602 g/mol. The van der Waals surface area contributed by atoms with Crippen LogP contribution >= 0.6 is 0 Å². The van der Waals surface area contributed by atoms with Crippen LogP contribution in [-0.2, 0) is 27.1 Å². The van der Waals surface area contributed by atoms with Crippen LogP contribution in [0.3, 0.4) is 0 Å². The van der Waals surface area contributed by atoms with Gasteiger partial charge in [-0.1, -0.05) is 24.3 Å². The topological polar surface area (TPSA) is 113 Å². The van der Waals surface area contributed by atoms with Crippen LogP contribution in [0.2, 0.25) is 0 Å². The lowest BCUT2D eigenvalue weighted by atomic mass is 10.0. The van der Waals surface area contributed by atoms with E-state index in [1.807, 2.05) is 52.3 Å². The summed E-state index contributed by atoms with van der Waals surface area (Å²) in [7, 11) is 0. The molecule has 2 aromatic carbocycles. The van der Waals surface area contributed by atoms with Crippen molar-refractivity contribution in [3.8, 4) is 11.5 Å². The number of carbonyl (C=O) groups excluding carboxylic acids is 3. The van der Waals surface area contributed by atoms with Gasteiger partial charge in [-0.05, 0) is 61.4 Å². The number of fused-ring (bicyclic) bond motifs is 2. The Morgan fingerprint density at radius 3 is 2.34 bits per heavy atom. The number of benzene rings is 2. The van der Waals surface area contributed by atoms with E-state index >= 15 is 0 Å². The fourth-order valence-electron chi connectivity index (χ4n) is 7.46. The van der Waals surface area contributed by atoms with Crippen LogP contribution in [0.5, 0.6) is 11.5 Å². The summed E-state index contributed by atoms with van der Waals surface area (Å²) in [5.74, 6) is 1.14. The smallest absolute Gasteiger partial charge is 0.410 e. The number of carbonyl (C=O) groups is 3. The molecule has 0 aromatic heterocycles. The summed E-state index contributed by atoms with van der Waals surface area (Å²) in [5, 5.41) is 3.05. The van der Waals surface area contributed by atoms with Crippen LogP contribution in [0, 0.1) is 0 Å². The second kappa shape index (κ2) is 14.4. The van der Waals surface area contributed by atoms with Crippen LogP contribution in [-0.4, -0.2) is 128 Å². The summed E-state index contributed by atoms with van der Waals surface area (Å²) in [6.45, 7) is 6.85. The first-order valence-electron chi connectivity index (χ1n) is 17.1. The van der Waals surface area contributed by atoms with Crippen LogP contribution in [0.1, 0.15) is 36.8 Å². The van der Waals surface area contributed by atoms with E-state index in [1.165, 1.54) is 0 Å². The second-order valence-electron chi connectivity index (χ2n) is 13.0. The Balaban J connectivity index is 0.987. The highest BCUT2D eigenvalue weighted by Gasteiger charge is 2.36. The molecule has 0 unspecified atom stereocenters. The molecule has 0 aliphatic carbocycles. The fourth-order valence-corrected chi connectivity index (χ4v) is 7.46.